The predicted molar refractivity (Wildman–Crippen MR) is 45.1 cm³/mol. The number of nitrogens with one attached hydrogen (secondary N) is 1. The average molecular weight is 158 g/mol. The molecule has 0 fully saturated rings. The van der Waals surface area contributed by atoms with Gasteiger partial charge in [0.05, 0.1) is 6.04 Å². The molecule has 4 nitrogen and oxygen atoms in total. The van der Waals surface area contributed by atoms with Crippen LogP contribution in [0.25, 0.3) is 0 Å². The van der Waals surface area contributed by atoms with E-state index in [1.807, 2.05) is 0 Å². The van der Waals surface area contributed by atoms with Gasteiger partial charge in [0.25, 0.3) is 0 Å². The Kier molecular flexibility index (Phi) is 4.14. The molecule has 2 N–H and O–H groups in total. The van der Waals surface area contributed by atoms with Crippen molar-refractivity contribution in [2.45, 2.75) is 19.8 Å². The first-order valence-electron chi connectivity index (χ1n) is 3.60. The molecule has 0 bridgehead atoms. The van der Waals surface area contributed by atoms with Crippen LogP contribution in [-0.2, 0) is 4.79 Å². The Balaban J connectivity index is 3.83. The highest BCUT2D eigenvalue weighted by atomic mass is 16.2. The highest BCUT2D eigenvalue weighted by Gasteiger charge is 2.16. The van der Waals surface area contributed by atoms with Crippen LogP contribution < -0.4 is 5.23 Å². The van der Waals surface area contributed by atoms with Crippen molar-refractivity contribution in [1.29, 1.82) is 0 Å². The minimum absolute atomic E-state index is 0.0362. The summed E-state index contributed by atoms with van der Waals surface area (Å²) in [6, 6.07) is -0.329. The third kappa shape index (κ3) is 4.00. The van der Waals surface area contributed by atoms with Gasteiger partial charge in [0.15, 0.2) is 0 Å². The third-order valence-electron chi connectivity index (χ3n) is 1.30. The molecule has 5 heteroatoms. The van der Waals surface area contributed by atoms with Crippen LogP contribution in [0.4, 0.5) is 0 Å². The van der Waals surface area contributed by atoms with Crippen molar-refractivity contribution in [2.75, 3.05) is 14.1 Å². The number of hydrogen-bond donors (Lipinski definition) is 2. The molecule has 0 radical (unpaired) electrons. The number of hydrogen-bond acceptors (Lipinski definition) is 3. The molecular weight excluding hydrogens is 143 g/mol. The summed E-state index contributed by atoms with van der Waals surface area (Å²) in [6.45, 7) is 3.30. The molecule has 0 spiro atoms. The lowest BCUT2D eigenvalue weighted by Gasteiger charge is -2.18. The highest BCUT2D eigenvalue weighted by Crippen LogP contribution is 1.88. The van der Waals surface area contributed by atoms with E-state index < -0.39 is 7.05 Å². The molecule has 64 valence electrons. The van der Waals surface area contributed by atoms with E-state index >= 15 is 0 Å². The first-order chi connectivity index (χ1) is 4.95. The van der Waals surface area contributed by atoms with Gasteiger partial charge < -0.3 is 15.2 Å². The fourth-order valence-electron chi connectivity index (χ4n) is 0.820. The summed E-state index contributed by atoms with van der Waals surface area (Å²) in [5.41, 5.74) is 0. The van der Waals surface area contributed by atoms with Crippen molar-refractivity contribution in [1.82, 2.24) is 10.1 Å². The Hall–Kier alpha value is -0.545. The van der Waals surface area contributed by atoms with E-state index in [1.54, 1.807) is 27.8 Å². The van der Waals surface area contributed by atoms with Crippen LogP contribution in [0, 0.1) is 0 Å². The molecule has 0 aromatic rings. The zero-order valence-electron chi connectivity index (χ0n) is 7.46. The molecule has 11 heavy (non-hydrogen) atoms. The number of carbonyl (C=O) groups excluding carboxylic acids is 1. The molecule has 0 aromatic heterocycles. The van der Waals surface area contributed by atoms with Gasteiger partial charge in [-0.15, -0.1) is 0 Å². The topological polar surface area (TPSA) is 52.6 Å². The van der Waals surface area contributed by atoms with Gasteiger partial charge in [0.2, 0.25) is 5.91 Å². The zero-order valence-corrected chi connectivity index (χ0v) is 7.46. The summed E-state index contributed by atoms with van der Waals surface area (Å²) in [6.07, 6.45) is 0. The maximum Gasteiger partial charge on any atom is 0.374 e. The van der Waals surface area contributed by atoms with Crippen LogP contribution in [0.2, 0.25) is 6.82 Å². The number of carbonyl (C=O) groups is 1. The summed E-state index contributed by atoms with van der Waals surface area (Å²) >= 11 is 0. The Labute approximate surface area is 67.7 Å². The molecule has 0 unspecified atom stereocenters. The van der Waals surface area contributed by atoms with Gasteiger partial charge in [-0.3, -0.25) is 4.79 Å². The van der Waals surface area contributed by atoms with E-state index in [2.05, 4.69) is 5.23 Å². The van der Waals surface area contributed by atoms with Crippen LogP contribution in [0.15, 0.2) is 0 Å². The minimum atomic E-state index is -0.645. The van der Waals surface area contributed by atoms with Gasteiger partial charge >= 0.3 is 7.05 Å². The summed E-state index contributed by atoms with van der Waals surface area (Å²) in [5.74, 6) is -0.0362. The molecule has 0 rings (SSSR count). The average Bonchev–Trinajstić information content (AvgIpc) is 1.84. The molecule has 0 aliphatic carbocycles. The summed E-state index contributed by atoms with van der Waals surface area (Å²) in [4.78, 5) is 12.6. The summed E-state index contributed by atoms with van der Waals surface area (Å²) in [5, 5.41) is 11.6. The second-order valence-electron chi connectivity index (χ2n) is 2.80. The van der Waals surface area contributed by atoms with Crippen molar-refractivity contribution in [2.24, 2.45) is 0 Å². The van der Waals surface area contributed by atoms with Gasteiger partial charge in [-0.05, 0) is 13.7 Å². The maximum atomic E-state index is 11.1. The van der Waals surface area contributed by atoms with E-state index in [0.717, 1.165) is 0 Å². The van der Waals surface area contributed by atoms with Crippen molar-refractivity contribution in [3.8, 4) is 0 Å². The van der Waals surface area contributed by atoms with Crippen molar-refractivity contribution in [3.05, 3.63) is 0 Å². The van der Waals surface area contributed by atoms with Crippen molar-refractivity contribution < 1.29 is 9.82 Å². The molecule has 1 atom stereocenters. The van der Waals surface area contributed by atoms with Gasteiger partial charge in [0, 0.05) is 14.1 Å². The molecule has 0 aromatic carbocycles. The normalized spacial score (nSPS) is 12.5. The lowest BCUT2D eigenvalue weighted by atomic mass is 9.87. The Bertz CT molecular complexity index is 139. The fraction of sp³-hybridized carbons (Fsp3) is 0.833. The van der Waals surface area contributed by atoms with E-state index in [1.165, 1.54) is 4.90 Å². The number of likely N-dealkylation sites (N-methyl/N-ethyl adjacent to an activating group) is 1. The predicted octanol–water partition coefficient (Wildman–Crippen LogP) is -0.837. The Morgan fingerprint density at radius 3 is 2.36 bits per heavy atom. The Morgan fingerprint density at radius 1 is 1.64 bits per heavy atom. The summed E-state index contributed by atoms with van der Waals surface area (Å²) in [7, 11) is 2.72. The zero-order chi connectivity index (χ0) is 9.02. The van der Waals surface area contributed by atoms with Crippen molar-refractivity contribution in [3.63, 3.8) is 0 Å². The van der Waals surface area contributed by atoms with E-state index in [4.69, 9.17) is 5.02 Å². The largest absolute Gasteiger partial charge is 0.437 e. The van der Waals surface area contributed by atoms with Gasteiger partial charge in [-0.25, -0.2) is 0 Å². The third-order valence-corrected chi connectivity index (χ3v) is 1.30. The van der Waals surface area contributed by atoms with Gasteiger partial charge in [-0.1, -0.05) is 0 Å². The van der Waals surface area contributed by atoms with Gasteiger partial charge in [-0.2, -0.15) is 0 Å². The lowest BCUT2D eigenvalue weighted by molar-refractivity contribution is -0.130. The first-order valence-corrected chi connectivity index (χ1v) is 3.60. The number of rotatable bonds is 3. The van der Waals surface area contributed by atoms with Crippen LogP contribution in [0.5, 0.6) is 0 Å². The smallest absolute Gasteiger partial charge is 0.374 e. The van der Waals surface area contributed by atoms with Crippen LogP contribution in [-0.4, -0.2) is 43.0 Å². The van der Waals surface area contributed by atoms with Crippen LogP contribution in [0.1, 0.15) is 6.92 Å². The lowest BCUT2D eigenvalue weighted by Crippen LogP contribution is -2.47. The number of amides is 1. The van der Waals surface area contributed by atoms with E-state index in [9.17, 15) is 4.79 Å². The number of nitrogens with zero attached hydrogens (tertiary/aromatic N) is 1. The molecule has 0 aliphatic rings. The SMILES string of the molecule is CB(O)N[C@@H](C)C(=O)N(C)C. The molecular formula is C6H15BN2O2. The quantitative estimate of drug-likeness (QED) is 0.526. The van der Waals surface area contributed by atoms with Gasteiger partial charge in [0.1, 0.15) is 0 Å². The molecule has 1 amide bonds. The highest BCUT2D eigenvalue weighted by molar-refractivity contribution is 6.46. The first kappa shape index (κ1) is 10.5. The molecule has 0 aliphatic heterocycles. The monoisotopic (exact) mass is 158 g/mol. The van der Waals surface area contributed by atoms with Crippen molar-refractivity contribution >= 4 is 13.0 Å². The molecule has 0 saturated heterocycles. The second-order valence-corrected chi connectivity index (χ2v) is 2.80. The fourth-order valence-corrected chi connectivity index (χ4v) is 0.820. The molecule has 0 saturated carbocycles. The minimum Gasteiger partial charge on any atom is -0.437 e. The van der Waals surface area contributed by atoms with E-state index in [0.29, 0.717) is 0 Å². The van der Waals surface area contributed by atoms with E-state index in [-0.39, 0.29) is 11.9 Å². The summed E-state index contributed by atoms with van der Waals surface area (Å²) < 4.78 is 0. The van der Waals surface area contributed by atoms with Crippen LogP contribution in [0.3, 0.4) is 0 Å². The van der Waals surface area contributed by atoms with Crippen LogP contribution >= 0.6 is 0 Å². The molecule has 0 heterocycles. The maximum absolute atomic E-state index is 11.1. The Morgan fingerprint density at radius 2 is 2.09 bits per heavy atom. The standard InChI is InChI=1S/C6H15BN2O2/c1-5(8-7(2)11)6(10)9(3)4/h5,8,11H,1-4H3/t5-/m0/s1. The second kappa shape index (κ2) is 4.36.